The average molecular weight is 226 g/mol. The molecular formula is C13H26N2O. The molecule has 0 saturated heterocycles. The van der Waals surface area contributed by atoms with Crippen LogP contribution in [-0.4, -0.2) is 30.4 Å². The minimum Gasteiger partial charge on any atom is -0.342 e. The van der Waals surface area contributed by atoms with Crippen LogP contribution in [0.5, 0.6) is 0 Å². The fourth-order valence-electron chi connectivity index (χ4n) is 2.00. The quantitative estimate of drug-likeness (QED) is 0.689. The molecule has 1 aliphatic rings. The highest BCUT2D eigenvalue weighted by Crippen LogP contribution is 2.46. The summed E-state index contributed by atoms with van der Waals surface area (Å²) in [5.74, 6) is 0.317. The minimum absolute atomic E-state index is 0.165. The van der Waals surface area contributed by atoms with Crippen LogP contribution in [0.3, 0.4) is 0 Å². The topological polar surface area (TPSA) is 46.3 Å². The van der Waals surface area contributed by atoms with E-state index < -0.39 is 0 Å². The maximum Gasteiger partial charge on any atom is 0.230 e. The van der Waals surface area contributed by atoms with Crippen molar-refractivity contribution in [2.75, 3.05) is 19.6 Å². The smallest absolute Gasteiger partial charge is 0.230 e. The third kappa shape index (κ3) is 3.21. The monoisotopic (exact) mass is 226 g/mol. The summed E-state index contributed by atoms with van der Waals surface area (Å²) < 4.78 is 0. The Hall–Kier alpha value is -0.570. The third-order valence-corrected chi connectivity index (χ3v) is 3.55. The van der Waals surface area contributed by atoms with Gasteiger partial charge in [0.15, 0.2) is 0 Å². The summed E-state index contributed by atoms with van der Waals surface area (Å²) >= 11 is 0. The summed E-state index contributed by atoms with van der Waals surface area (Å²) in [5.41, 5.74) is 5.55. The van der Waals surface area contributed by atoms with Gasteiger partial charge in [-0.25, -0.2) is 0 Å². The highest BCUT2D eigenvalue weighted by atomic mass is 16.2. The lowest BCUT2D eigenvalue weighted by Crippen LogP contribution is -2.41. The molecule has 0 aromatic heterocycles. The number of unbranched alkanes of at least 4 members (excludes halogenated alkanes) is 2. The lowest BCUT2D eigenvalue weighted by Gasteiger charge is -2.26. The lowest BCUT2D eigenvalue weighted by molar-refractivity contribution is -0.136. The van der Waals surface area contributed by atoms with E-state index in [0.717, 1.165) is 51.6 Å². The zero-order valence-corrected chi connectivity index (χ0v) is 10.8. The summed E-state index contributed by atoms with van der Waals surface area (Å²) in [7, 11) is 0. The SMILES string of the molecule is CCCCN(CCCC)C(=O)C1(CN)CC1. The van der Waals surface area contributed by atoms with Crippen LogP contribution in [0.1, 0.15) is 52.4 Å². The standard InChI is InChI=1S/C13H26N2O/c1-3-5-9-15(10-6-4-2)12(16)13(11-14)7-8-13/h3-11,14H2,1-2H3. The van der Waals surface area contributed by atoms with E-state index >= 15 is 0 Å². The first kappa shape index (κ1) is 13.5. The first-order valence-electron chi connectivity index (χ1n) is 6.69. The van der Waals surface area contributed by atoms with Gasteiger partial charge in [-0.05, 0) is 25.7 Å². The van der Waals surface area contributed by atoms with E-state index in [9.17, 15) is 4.79 Å². The van der Waals surface area contributed by atoms with Crippen molar-refractivity contribution in [3.05, 3.63) is 0 Å². The van der Waals surface area contributed by atoms with Gasteiger partial charge in [0.05, 0.1) is 5.41 Å². The molecule has 1 aliphatic carbocycles. The van der Waals surface area contributed by atoms with E-state index in [1.807, 2.05) is 4.90 Å². The van der Waals surface area contributed by atoms with E-state index in [1.54, 1.807) is 0 Å². The molecule has 3 nitrogen and oxygen atoms in total. The molecule has 0 aromatic carbocycles. The Morgan fingerprint density at radius 3 is 2.00 bits per heavy atom. The van der Waals surface area contributed by atoms with Gasteiger partial charge in [-0.15, -0.1) is 0 Å². The predicted molar refractivity (Wildman–Crippen MR) is 67.1 cm³/mol. The Morgan fingerprint density at radius 2 is 1.69 bits per heavy atom. The normalized spacial score (nSPS) is 17.2. The molecule has 3 heteroatoms. The molecule has 94 valence electrons. The molecule has 2 N–H and O–H groups in total. The number of nitrogens with two attached hydrogens (primary N) is 1. The van der Waals surface area contributed by atoms with Gasteiger partial charge in [0.25, 0.3) is 0 Å². The van der Waals surface area contributed by atoms with Crippen LogP contribution in [0.15, 0.2) is 0 Å². The van der Waals surface area contributed by atoms with Crippen LogP contribution >= 0.6 is 0 Å². The Labute approximate surface area is 99.4 Å². The third-order valence-electron chi connectivity index (χ3n) is 3.55. The van der Waals surface area contributed by atoms with E-state index in [4.69, 9.17) is 5.73 Å². The Bertz CT molecular complexity index is 216. The van der Waals surface area contributed by atoms with Crippen LogP contribution in [0.25, 0.3) is 0 Å². The second-order valence-corrected chi connectivity index (χ2v) is 4.98. The number of hydrogen-bond donors (Lipinski definition) is 1. The van der Waals surface area contributed by atoms with E-state index in [2.05, 4.69) is 13.8 Å². The summed E-state index contributed by atoms with van der Waals surface area (Å²) in [4.78, 5) is 14.4. The number of carbonyl (C=O) groups excluding carboxylic acids is 1. The fraction of sp³-hybridized carbons (Fsp3) is 0.923. The Balaban J connectivity index is 2.49. The molecule has 0 spiro atoms. The molecule has 0 unspecified atom stereocenters. The van der Waals surface area contributed by atoms with Crippen molar-refractivity contribution >= 4 is 5.91 Å². The van der Waals surface area contributed by atoms with Crippen molar-refractivity contribution in [3.8, 4) is 0 Å². The molecule has 0 bridgehead atoms. The molecular weight excluding hydrogens is 200 g/mol. The van der Waals surface area contributed by atoms with E-state index in [0.29, 0.717) is 12.5 Å². The van der Waals surface area contributed by atoms with Gasteiger partial charge in [-0.3, -0.25) is 4.79 Å². The van der Waals surface area contributed by atoms with Crippen LogP contribution in [0.2, 0.25) is 0 Å². The number of nitrogens with zero attached hydrogens (tertiary/aromatic N) is 1. The first-order valence-corrected chi connectivity index (χ1v) is 6.69. The molecule has 1 amide bonds. The van der Waals surface area contributed by atoms with Crippen molar-refractivity contribution in [1.82, 2.24) is 4.90 Å². The molecule has 0 aliphatic heterocycles. The zero-order chi connectivity index (χ0) is 12.0. The highest BCUT2D eigenvalue weighted by Gasteiger charge is 2.50. The molecule has 0 heterocycles. The van der Waals surface area contributed by atoms with Crippen LogP contribution < -0.4 is 5.73 Å². The highest BCUT2D eigenvalue weighted by molar-refractivity contribution is 5.85. The van der Waals surface area contributed by atoms with Gasteiger partial charge in [-0.2, -0.15) is 0 Å². The Kier molecular flexibility index (Phi) is 5.26. The number of hydrogen-bond acceptors (Lipinski definition) is 2. The molecule has 0 atom stereocenters. The van der Waals surface area contributed by atoms with Crippen molar-refractivity contribution in [2.45, 2.75) is 52.4 Å². The maximum atomic E-state index is 12.3. The number of rotatable bonds is 8. The van der Waals surface area contributed by atoms with Crippen molar-refractivity contribution < 1.29 is 4.79 Å². The van der Waals surface area contributed by atoms with E-state index in [1.165, 1.54) is 0 Å². The Morgan fingerprint density at radius 1 is 1.19 bits per heavy atom. The van der Waals surface area contributed by atoms with Gasteiger partial charge >= 0.3 is 0 Å². The molecule has 1 saturated carbocycles. The summed E-state index contributed by atoms with van der Waals surface area (Å²) in [6, 6.07) is 0. The zero-order valence-electron chi connectivity index (χ0n) is 10.8. The summed E-state index contributed by atoms with van der Waals surface area (Å²) in [6.45, 7) is 6.69. The average Bonchev–Trinajstić information content (AvgIpc) is 3.09. The second kappa shape index (κ2) is 6.24. The molecule has 0 aromatic rings. The van der Waals surface area contributed by atoms with Crippen LogP contribution in [-0.2, 0) is 4.79 Å². The molecule has 1 rings (SSSR count). The van der Waals surface area contributed by atoms with Gasteiger partial charge in [0, 0.05) is 19.6 Å². The van der Waals surface area contributed by atoms with Gasteiger partial charge in [0.1, 0.15) is 0 Å². The second-order valence-electron chi connectivity index (χ2n) is 4.98. The van der Waals surface area contributed by atoms with Crippen molar-refractivity contribution in [1.29, 1.82) is 0 Å². The van der Waals surface area contributed by atoms with E-state index in [-0.39, 0.29) is 5.41 Å². The van der Waals surface area contributed by atoms with Gasteiger partial charge in [0.2, 0.25) is 5.91 Å². The number of amides is 1. The lowest BCUT2D eigenvalue weighted by atomic mass is 10.1. The van der Waals surface area contributed by atoms with Crippen molar-refractivity contribution in [3.63, 3.8) is 0 Å². The minimum atomic E-state index is -0.165. The largest absolute Gasteiger partial charge is 0.342 e. The van der Waals surface area contributed by atoms with Crippen molar-refractivity contribution in [2.24, 2.45) is 11.1 Å². The van der Waals surface area contributed by atoms with Gasteiger partial charge in [-0.1, -0.05) is 26.7 Å². The maximum absolute atomic E-state index is 12.3. The summed E-state index contributed by atoms with van der Waals surface area (Å²) in [6.07, 6.45) is 6.50. The fourth-order valence-corrected chi connectivity index (χ4v) is 2.00. The number of carbonyl (C=O) groups is 1. The molecule has 1 fully saturated rings. The van der Waals surface area contributed by atoms with Gasteiger partial charge < -0.3 is 10.6 Å². The predicted octanol–water partition coefficient (Wildman–Crippen LogP) is 2.15. The summed E-state index contributed by atoms with van der Waals surface area (Å²) in [5, 5.41) is 0. The molecule has 16 heavy (non-hydrogen) atoms. The van der Waals surface area contributed by atoms with Crippen LogP contribution in [0, 0.1) is 5.41 Å². The first-order chi connectivity index (χ1) is 7.70. The molecule has 0 radical (unpaired) electrons. The van der Waals surface area contributed by atoms with Crippen LogP contribution in [0.4, 0.5) is 0 Å².